The zero-order chi connectivity index (χ0) is 21.9. The van der Waals surface area contributed by atoms with Crippen molar-refractivity contribution in [3.8, 4) is 17.1 Å². The van der Waals surface area contributed by atoms with E-state index in [-0.39, 0.29) is 70.0 Å². The molecule has 0 bridgehead atoms. The van der Waals surface area contributed by atoms with Crippen LogP contribution in [0.25, 0.3) is 11.4 Å². The molecule has 0 unspecified atom stereocenters. The van der Waals surface area contributed by atoms with Gasteiger partial charge in [-0.25, -0.2) is 4.98 Å². The van der Waals surface area contributed by atoms with Crippen molar-refractivity contribution in [2.45, 2.75) is 38.6 Å². The number of hydrogen-bond donors (Lipinski definition) is 4. The van der Waals surface area contributed by atoms with Crippen molar-refractivity contribution in [3.05, 3.63) is 70.5 Å². The van der Waals surface area contributed by atoms with Crippen molar-refractivity contribution in [2.24, 2.45) is 0 Å². The smallest absolute Gasteiger partial charge is 0.251 e. The summed E-state index contributed by atoms with van der Waals surface area (Å²) in [6.45, 7) is 6.18. The first-order valence-corrected chi connectivity index (χ1v) is 10.1. The number of imidazole rings is 1. The quantitative estimate of drug-likeness (QED) is 0.360. The average molecular weight is 569 g/mol. The summed E-state index contributed by atoms with van der Waals surface area (Å²) in [6, 6.07) is 11.6. The Morgan fingerprint density at radius 3 is 2.42 bits per heavy atom. The van der Waals surface area contributed by atoms with Gasteiger partial charge in [-0.2, -0.15) is 0 Å². The van der Waals surface area contributed by atoms with Gasteiger partial charge in [0.05, 0.1) is 17.7 Å². The first kappa shape index (κ1) is 25.8. The maximum atomic E-state index is 12.4. The molecule has 161 valence electrons. The van der Waals surface area contributed by atoms with Crippen LogP contribution in [0, 0.1) is 41.3 Å². The van der Waals surface area contributed by atoms with Crippen LogP contribution in [0.4, 0.5) is 0 Å². The normalized spacial score (nSPS) is 12.2. The standard InChI is InChI=1S/C23H26ClN3O3.Pr/c1-23(2,3)20-12-25-21(27-20)15-6-4-14(5-7-15)10-17(13-28)26-22(30)16-8-9-19(29)18(24)11-16;/h4-9,11-12,17,28-29H,10,13H2,1-3H3,(H,25,27)(H,26,30);/t17-;/m0./s1. The first-order valence-electron chi connectivity index (χ1n) is 9.72. The predicted molar refractivity (Wildman–Crippen MR) is 118 cm³/mol. The van der Waals surface area contributed by atoms with E-state index in [1.165, 1.54) is 18.2 Å². The summed E-state index contributed by atoms with van der Waals surface area (Å²) in [6.07, 6.45) is 2.33. The molecule has 8 heteroatoms. The minimum atomic E-state index is -0.452. The van der Waals surface area contributed by atoms with Gasteiger partial charge in [0.15, 0.2) is 0 Å². The molecule has 1 amide bonds. The topological polar surface area (TPSA) is 98.2 Å². The van der Waals surface area contributed by atoms with Crippen LogP contribution in [0.2, 0.25) is 5.02 Å². The van der Waals surface area contributed by atoms with Gasteiger partial charge in [0.1, 0.15) is 11.6 Å². The molecule has 0 aliphatic heterocycles. The van der Waals surface area contributed by atoms with Crippen LogP contribution in [-0.2, 0) is 11.8 Å². The molecule has 0 aliphatic carbocycles. The van der Waals surface area contributed by atoms with Crippen LogP contribution in [0.5, 0.6) is 5.75 Å². The third-order valence-electron chi connectivity index (χ3n) is 4.86. The third-order valence-corrected chi connectivity index (χ3v) is 5.16. The third kappa shape index (κ3) is 6.75. The number of rotatable bonds is 6. The average Bonchev–Trinajstić information content (AvgIpc) is 3.21. The second kappa shape index (κ2) is 10.9. The summed E-state index contributed by atoms with van der Waals surface area (Å²) in [5, 5.41) is 22.1. The Labute approximate surface area is 220 Å². The first-order chi connectivity index (χ1) is 14.2. The van der Waals surface area contributed by atoms with E-state index < -0.39 is 6.04 Å². The fraction of sp³-hybridized carbons (Fsp3) is 0.304. The van der Waals surface area contributed by atoms with Crippen LogP contribution in [-0.4, -0.2) is 38.7 Å². The molecule has 31 heavy (non-hydrogen) atoms. The van der Waals surface area contributed by atoms with Crippen LogP contribution in [0.1, 0.15) is 42.4 Å². The van der Waals surface area contributed by atoms with Crippen molar-refractivity contribution in [1.82, 2.24) is 15.3 Å². The van der Waals surface area contributed by atoms with Gasteiger partial charge < -0.3 is 20.5 Å². The number of hydrogen-bond acceptors (Lipinski definition) is 4. The zero-order valence-corrected chi connectivity index (χ0v) is 22.3. The Hall–Kier alpha value is -1.47. The maximum absolute atomic E-state index is 12.4. The van der Waals surface area contributed by atoms with Gasteiger partial charge in [-0.1, -0.05) is 56.6 Å². The molecule has 1 atom stereocenters. The number of nitrogens with zero attached hydrogens (tertiary/aromatic N) is 1. The number of aromatic nitrogens is 2. The van der Waals surface area contributed by atoms with E-state index >= 15 is 0 Å². The number of benzene rings is 2. The molecule has 6 nitrogen and oxygen atoms in total. The molecule has 3 rings (SSSR count). The van der Waals surface area contributed by atoms with Gasteiger partial charge in [0.25, 0.3) is 5.91 Å². The molecule has 0 aliphatic rings. The number of aromatic hydroxyl groups is 1. The monoisotopic (exact) mass is 568 g/mol. The molecule has 2 aromatic carbocycles. The van der Waals surface area contributed by atoms with Gasteiger partial charge in [0.2, 0.25) is 0 Å². The van der Waals surface area contributed by atoms with Gasteiger partial charge in [-0.15, -0.1) is 0 Å². The number of carbonyl (C=O) groups is 1. The van der Waals surface area contributed by atoms with E-state index in [9.17, 15) is 15.0 Å². The molecule has 0 saturated heterocycles. The Kier molecular flexibility index (Phi) is 9.07. The molecule has 0 spiro atoms. The maximum Gasteiger partial charge on any atom is 0.251 e. The summed E-state index contributed by atoms with van der Waals surface area (Å²) in [7, 11) is 0. The Balaban J connectivity index is 0.00000341. The van der Waals surface area contributed by atoms with Crippen molar-refractivity contribution in [3.63, 3.8) is 0 Å². The molecule has 0 fully saturated rings. The molecular formula is C23H26ClN3O3Pr. The van der Waals surface area contributed by atoms with E-state index in [1.54, 1.807) is 0 Å². The summed E-state index contributed by atoms with van der Waals surface area (Å²) >= 11 is 5.86. The summed E-state index contributed by atoms with van der Waals surface area (Å²) in [5.74, 6) is 0.360. The second-order valence-corrected chi connectivity index (χ2v) is 8.72. The number of amides is 1. The number of carbonyl (C=O) groups excluding carboxylic acids is 1. The number of aliphatic hydroxyl groups excluding tert-OH is 1. The molecule has 1 aromatic heterocycles. The summed E-state index contributed by atoms with van der Waals surface area (Å²) < 4.78 is 0. The van der Waals surface area contributed by atoms with Crippen LogP contribution >= 0.6 is 11.6 Å². The van der Waals surface area contributed by atoms with Crippen molar-refractivity contribution in [2.75, 3.05) is 6.61 Å². The van der Waals surface area contributed by atoms with Gasteiger partial charge in [0, 0.05) is 69.7 Å². The Morgan fingerprint density at radius 1 is 1.19 bits per heavy atom. The fourth-order valence-electron chi connectivity index (χ4n) is 3.01. The van der Waals surface area contributed by atoms with Crippen LogP contribution < -0.4 is 5.32 Å². The molecular weight excluding hydrogens is 543 g/mol. The number of H-pyrrole nitrogens is 1. The number of phenols is 1. The number of nitrogens with one attached hydrogen (secondary N) is 2. The van der Waals surface area contributed by atoms with E-state index in [2.05, 4.69) is 36.1 Å². The van der Waals surface area contributed by atoms with E-state index in [0.717, 1.165) is 22.6 Å². The number of halogens is 1. The zero-order valence-electron chi connectivity index (χ0n) is 17.8. The predicted octanol–water partition coefficient (Wildman–Crippen LogP) is 4.07. The van der Waals surface area contributed by atoms with Crippen molar-refractivity contribution in [1.29, 1.82) is 0 Å². The minimum Gasteiger partial charge on any atom is -0.506 e. The van der Waals surface area contributed by atoms with Gasteiger partial charge >= 0.3 is 0 Å². The fourth-order valence-corrected chi connectivity index (χ4v) is 3.19. The van der Waals surface area contributed by atoms with E-state index in [4.69, 9.17) is 11.6 Å². The minimum absolute atomic E-state index is 0. The largest absolute Gasteiger partial charge is 0.506 e. The SMILES string of the molecule is CC(C)(C)c1cnc(-c2ccc(C[C@@H](CO)NC(=O)c3ccc(O)c(Cl)c3)cc2)[nH]1.[Pr]. The van der Waals surface area contributed by atoms with E-state index in [1.807, 2.05) is 30.5 Å². The molecule has 0 saturated carbocycles. The molecule has 4 N–H and O–H groups in total. The summed E-state index contributed by atoms with van der Waals surface area (Å²) in [4.78, 5) is 20.2. The number of aromatic amines is 1. The summed E-state index contributed by atoms with van der Waals surface area (Å²) in [5.41, 5.74) is 3.33. The Morgan fingerprint density at radius 2 is 1.87 bits per heavy atom. The molecule has 3 aromatic rings. The van der Waals surface area contributed by atoms with Crippen molar-refractivity contribution < 1.29 is 56.3 Å². The number of aliphatic hydroxyl groups is 1. The Bertz CT molecular complexity index is 1030. The van der Waals surface area contributed by atoms with E-state index in [0.29, 0.717) is 12.0 Å². The molecule has 1 heterocycles. The van der Waals surface area contributed by atoms with Crippen LogP contribution in [0.3, 0.4) is 0 Å². The second-order valence-electron chi connectivity index (χ2n) is 8.32. The van der Waals surface area contributed by atoms with Gasteiger partial charge in [-0.05, 0) is 30.2 Å². The molecule has 1 radical (unpaired) electrons. The van der Waals surface area contributed by atoms with Gasteiger partial charge in [-0.3, -0.25) is 4.79 Å². The van der Waals surface area contributed by atoms with Crippen LogP contribution in [0.15, 0.2) is 48.7 Å². The number of phenolic OH excluding ortho intramolecular Hbond substituents is 1. The van der Waals surface area contributed by atoms with Crippen molar-refractivity contribution >= 4 is 17.5 Å².